The van der Waals surface area contributed by atoms with Crippen molar-refractivity contribution in [1.29, 1.82) is 10.7 Å². The summed E-state index contributed by atoms with van der Waals surface area (Å²) in [6, 6.07) is 6.65. The van der Waals surface area contributed by atoms with Crippen LogP contribution in [0.4, 0.5) is 0 Å². The summed E-state index contributed by atoms with van der Waals surface area (Å²) < 4.78 is 0. The van der Waals surface area contributed by atoms with Gasteiger partial charge in [0.2, 0.25) is 0 Å². The van der Waals surface area contributed by atoms with Gasteiger partial charge in [0.1, 0.15) is 23.3 Å². The third-order valence-corrected chi connectivity index (χ3v) is 1.14. The molecule has 0 radical (unpaired) electrons. The number of nitrogens with two attached hydrogens (primary N) is 1. The summed E-state index contributed by atoms with van der Waals surface area (Å²) in [5.41, 5.74) is 5.76. The van der Waals surface area contributed by atoms with Crippen molar-refractivity contribution in [2.24, 2.45) is 5.73 Å². The number of nitrogen functional groups attached to an aromatic ring is 1. The lowest BCUT2D eigenvalue weighted by molar-refractivity contribution is 1.21. The van der Waals surface area contributed by atoms with Crippen LogP contribution in [0.2, 0.25) is 0 Å². The Bertz CT molecular complexity index is 323. The highest BCUT2D eigenvalue weighted by Crippen LogP contribution is 1.96. The van der Waals surface area contributed by atoms with Crippen LogP contribution in [0, 0.1) is 16.7 Å². The van der Waals surface area contributed by atoms with Gasteiger partial charge in [0.15, 0.2) is 0 Å². The molecule has 0 saturated carbocycles. The number of rotatable bonds is 1. The third-order valence-electron chi connectivity index (χ3n) is 1.14. The zero-order chi connectivity index (χ0) is 8.27. The molecule has 0 fully saturated rings. The van der Waals surface area contributed by atoms with Crippen LogP contribution in [0.1, 0.15) is 11.4 Å². The molecule has 11 heavy (non-hydrogen) atoms. The Kier molecular flexibility index (Phi) is 1.83. The molecule has 1 aromatic rings. The van der Waals surface area contributed by atoms with Gasteiger partial charge in [0.25, 0.3) is 0 Å². The molecule has 1 rings (SSSR count). The molecule has 54 valence electrons. The Morgan fingerprint density at radius 2 is 2.36 bits per heavy atom. The van der Waals surface area contributed by atoms with Crippen LogP contribution < -0.4 is 5.73 Å². The average molecular weight is 146 g/mol. The third kappa shape index (κ3) is 1.52. The molecule has 0 bridgehead atoms. The predicted molar refractivity (Wildman–Crippen MR) is 40.0 cm³/mol. The molecule has 0 aliphatic rings. The van der Waals surface area contributed by atoms with Gasteiger partial charge in [-0.25, -0.2) is 4.98 Å². The Balaban J connectivity index is 3.13. The smallest absolute Gasteiger partial charge is 0.141 e. The molecule has 0 aromatic carbocycles. The van der Waals surface area contributed by atoms with Gasteiger partial charge in [-0.1, -0.05) is 6.07 Å². The summed E-state index contributed by atoms with van der Waals surface area (Å²) in [6.45, 7) is 0. The van der Waals surface area contributed by atoms with Gasteiger partial charge in [-0.15, -0.1) is 0 Å². The molecule has 0 atom stereocenters. The molecule has 0 aliphatic carbocycles. The minimum Gasteiger partial charge on any atom is -0.382 e. The zero-order valence-corrected chi connectivity index (χ0v) is 5.70. The van der Waals surface area contributed by atoms with E-state index in [0.717, 1.165) is 0 Å². The molecule has 4 nitrogen and oxygen atoms in total. The summed E-state index contributed by atoms with van der Waals surface area (Å²) in [6.07, 6.45) is 0. The lowest BCUT2D eigenvalue weighted by atomic mass is 10.3. The van der Waals surface area contributed by atoms with E-state index in [1.165, 1.54) is 0 Å². The molecule has 0 aliphatic heterocycles. The van der Waals surface area contributed by atoms with Gasteiger partial charge < -0.3 is 5.73 Å². The van der Waals surface area contributed by atoms with E-state index in [9.17, 15) is 0 Å². The van der Waals surface area contributed by atoms with Crippen LogP contribution in [0.25, 0.3) is 0 Å². The van der Waals surface area contributed by atoms with Crippen molar-refractivity contribution in [3.8, 4) is 6.07 Å². The van der Waals surface area contributed by atoms with Gasteiger partial charge in [-0.05, 0) is 12.1 Å². The number of amidine groups is 1. The topological polar surface area (TPSA) is 86.5 Å². The second kappa shape index (κ2) is 2.80. The van der Waals surface area contributed by atoms with Crippen molar-refractivity contribution in [2.45, 2.75) is 0 Å². The van der Waals surface area contributed by atoms with Crippen molar-refractivity contribution in [3.63, 3.8) is 0 Å². The zero-order valence-electron chi connectivity index (χ0n) is 5.70. The molecule has 3 N–H and O–H groups in total. The average Bonchev–Trinajstić information content (AvgIpc) is 2.05. The lowest BCUT2D eigenvalue weighted by Crippen LogP contribution is -2.13. The number of pyridine rings is 1. The molecular formula is C7H6N4. The van der Waals surface area contributed by atoms with Gasteiger partial charge in [0, 0.05) is 0 Å². The lowest BCUT2D eigenvalue weighted by Gasteiger charge is -1.94. The summed E-state index contributed by atoms with van der Waals surface area (Å²) >= 11 is 0. The van der Waals surface area contributed by atoms with E-state index < -0.39 is 0 Å². The number of nitriles is 1. The molecule has 0 unspecified atom stereocenters. The Morgan fingerprint density at radius 1 is 1.64 bits per heavy atom. The molecule has 0 saturated heterocycles. The molecule has 0 spiro atoms. The number of aromatic nitrogens is 1. The highest BCUT2D eigenvalue weighted by molar-refractivity contribution is 5.93. The molecule has 1 heterocycles. The fraction of sp³-hybridized carbons (Fsp3) is 0. The minimum atomic E-state index is -0.123. The molecule has 4 heteroatoms. The monoisotopic (exact) mass is 146 g/mol. The number of hydrogen-bond donors (Lipinski definition) is 2. The molecule has 0 amide bonds. The van der Waals surface area contributed by atoms with E-state index in [1.54, 1.807) is 18.2 Å². The second-order valence-electron chi connectivity index (χ2n) is 1.93. The van der Waals surface area contributed by atoms with Crippen molar-refractivity contribution in [3.05, 3.63) is 29.6 Å². The maximum atomic E-state index is 8.42. The predicted octanol–water partition coefficient (Wildman–Crippen LogP) is 0.237. The first-order valence-corrected chi connectivity index (χ1v) is 2.95. The standard InChI is InChI=1S/C7H6N4/c8-4-5-2-1-3-6(11-5)7(9)10/h1-3H,(H3,9,10). The van der Waals surface area contributed by atoms with E-state index in [1.807, 2.05) is 6.07 Å². The van der Waals surface area contributed by atoms with Crippen LogP contribution in [0.15, 0.2) is 18.2 Å². The second-order valence-corrected chi connectivity index (χ2v) is 1.93. The van der Waals surface area contributed by atoms with Crippen LogP contribution in [0.3, 0.4) is 0 Å². The summed E-state index contributed by atoms with van der Waals surface area (Å²) in [7, 11) is 0. The number of nitrogens with zero attached hydrogens (tertiary/aromatic N) is 2. The normalized spacial score (nSPS) is 8.64. The van der Waals surface area contributed by atoms with Crippen molar-refractivity contribution in [1.82, 2.24) is 4.98 Å². The quantitative estimate of drug-likeness (QED) is 0.439. The van der Waals surface area contributed by atoms with Crippen LogP contribution in [0.5, 0.6) is 0 Å². The van der Waals surface area contributed by atoms with Gasteiger partial charge in [-0.3, -0.25) is 5.41 Å². The van der Waals surface area contributed by atoms with Crippen LogP contribution in [-0.2, 0) is 0 Å². The van der Waals surface area contributed by atoms with Gasteiger partial charge in [0.05, 0.1) is 0 Å². The Hall–Kier alpha value is -1.89. The van der Waals surface area contributed by atoms with E-state index in [0.29, 0.717) is 5.69 Å². The van der Waals surface area contributed by atoms with Gasteiger partial charge >= 0.3 is 0 Å². The maximum absolute atomic E-state index is 8.42. The van der Waals surface area contributed by atoms with Crippen LogP contribution >= 0.6 is 0 Å². The van der Waals surface area contributed by atoms with E-state index in [2.05, 4.69) is 4.98 Å². The Labute approximate surface area is 63.8 Å². The van der Waals surface area contributed by atoms with Crippen molar-refractivity contribution >= 4 is 5.84 Å². The minimum absolute atomic E-state index is 0.123. The van der Waals surface area contributed by atoms with Crippen molar-refractivity contribution < 1.29 is 0 Å². The fourth-order valence-electron chi connectivity index (χ4n) is 0.647. The van der Waals surface area contributed by atoms with Crippen LogP contribution in [-0.4, -0.2) is 10.8 Å². The highest BCUT2D eigenvalue weighted by Gasteiger charge is 1.97. The first-order valence-electron chi connectivity index (χ1n) is 2.95. The Morgan fingerprint density at radius 3 is 2.91 bits per heavy atom. The number of nitrogens with one attached hydrogen (secondary N) is 1. The van der Waals surface area contributed by atoms with E-state index >= 15 is 0 Å². The van der Waals surface area contributed by atoms with E-state index in [4.69, 9.17) is 16.4 Å². The number of hydrogen-bond acceptors (Lipinski definition) is 3. The summed E-state index contributed by atoms with van der Waals surface area (Å²) in [5.74, 6) is -0.123. The molecule has 1 aromatic heterocycles. The molecular weight excluding hydrogens is 140 g/mol. The first kappa shape index (κ1) is 7.22. The fourth-order valence-corrected chi connectivity index (χ4v) is 0.647. The highest BCUT2D eigenvalue weighted by atomic mass is 14.8. The SMILES string of the molecule is N#Cc1cccc(C(=N)N)n1. The van der Waals surface area contributed by atoms with E-state index in [-0.39, 0.29) is 11.5 Å². The van der Waals surface area contributed by atoms with Gasteiger partial charge in [-0.2, -0.15) is 5.26 Å². The maximum Gasteiger partial charge on any atom is 0.141 e. The summed E-state index contributed by atoms with van der Waals surface area (Å²) in [4.78, 5) is 3.78. The largest absolute Gasteiger partial charge is 0.382 e. The summed E-state index contributed by atoms with van der Waals surface area (Å²) in [5, 5.41) is 15.4. The van der Waals surface area contributed by atoms with Crippen molar-refractivity contribution in [2.75, 3.05) is 0 Å². The first-order chi connectivity index (χ1) is 5.24.